The van der Waals surface area contributed by atoms with E-state index in [1.807, 2.05) is 4.72 Å². The number of rotatable bonds is 5. The standard InChI is InChI=1S/C9H11FN2O4S/c10-6-1-3-7(4-2-6)17(15,16)12-5-8(13)9(11)14/h1-4,8,12-13H,5H2,(H2,11,14). The van der Waals surface area contributed by atoms with Gasteiger partial charge >= 0.3 is 0 Å². The first-order valence-electron chi connectivity index (χ1n) is 4.55. The molecule has 0 bridgehead atoms. The maximum atomic E-state index is 12.6. The van der Waals surface area contributed by atoms with Crippen LogP contribution in [0.2, 0.25) is 0 Å². The van der Waals surface area contributed by atoms with Crippen LogP contribution in [0.15, 0.2) is 29.2 Å². The summed E-state index contributed by atoms with van der Waals surface area (Å²) in [5.41, 5.74) is 4.75. The van der Waals surface area contributed by atoms with E-state index in [9.17, 15) is 17.6 Å². The minimum Gasteiger partial charge on any atom is -0.382 e. The van der Waals surface area contributed by atoms with Crippen LogP contribution in [0.1, 0.15) is 0 Å². The molecule has 6 nitrogen and oxygen atoms in total. The largest absolute Gasteiger partial charge is 0.382 e. The highest BCUT2D eigenvalue weighted by molar-refractivity contribution is 7.89. The van der Waals surface area contributed by atoms with Crippen molar-refractivity contribution < 1.29 is 22.7 Å². The Morgan fingerprint density at radius 1 is 1.41 bits per heavy atom. The number of carbonyl (C=O) groups is 1. The van der Waals surface area contributed by atoms with Crippen LogP contribution < -0.4 is 10.5 Å². The molecule has 1 rings (SSSR count). The second kappa shape index (κ2) is 5.21. The maximum absolute atomic E-state index is 12.6. The number of hydrogen-bond donors (Lipinski definition) is 3. The predicted octanol–water partition coefficient (Wildman–Crippen LogP) is -1.05. The third kappa shape index (κ3) is 3.77. The fourth-order valence-electron chi connectivity index (χ4n) is 0.986. The number of aliphatic hydroxyl groups is 1. The molecule has 0 aromatic heterocycles. The number of benzene rings is 1. The van der Waals surface area contributed by atoms with Gasteiger partial charge in [-0.25, -0.2) is 17.5 Å². The Morgan fingerprint density at radius 2 is 1.94 bits per heavy atom. The van der Waals surface area contributed by atoms with Gasteiger partial charge in [-0.3, -0.25) is 4.79 Å². The van der Waals surface area contributed by atoms with E-state index >= 15 is 0 Å². The van der Waals surface area contributed by atoms with Crippen molar-refractivity contribution in [2.45, 2.75) is 11.0 Å². The Morgan fingerprint density at radius 3 is 2.41 bits per heavy atom. The van der Waals surface area contributed by atoms with E-state index in [-0.39, 0.29) is 4.90 Å². The molecule has 1 aromatic carbocycles. The molecule has 0 spiro atoms. The molecule has 1 aromatic rings. The van der Waals surface area contributed by atoms with Crippen molar-refractivity contribution in [3.05, 3.63) is 30.1 Å². The van der Waals surface area contributed by atoms with E-state index in [4.69, 9.17) is 10.8 Å². The Hall–Kier alpha value is -1.51. The van der Waals surface area contributed by atoms with Gasteiger partial charge in [0.2, 0.25) is 15.9 Å². The van der Waals surface area contributed by atoms with E-state index in [1.54, 1.807) is 0 Å². The van der Waals surface area contributed by atoms with Crippen LogP contribution in [0.4, 0.5) is 4.39 Å². The smallest absolute Gasteiger partial charge is 0.247 e. The van der Waals surface area contributed by atoms with Crippen LogP contribution >= 0.6 is 0 Å². The van der Waals surface area contributed by atoms with Crippen LogP contribution in [-0.2, 0) is 14.8 Å². The maximum Gasteiger partial charge on any atom is 0.247 e. The Bertz CT molecular complexity index is 500. The molecular formula is C9H11FN2O4S. The normalized spacial score (nSPS) is 13.3. The van der Waals surface area contributed by atoms with Gasteiger partial charge in [0, 0.05) is 6.54 Å². The molecule has 0 aliphatic heterocycles. The lowest BCUT2D eigenvalue weighted by Gasteiger charge is -2.09. The number of nitrogens with one attached hydrogen (secondary N) is 1. The number of primary amides is 1. The molecule has 0 aliphatic rings. The van der Waals surface area contributed by atoms with Gasteiger partial charge in [-0.1, -0.05) is 0 Å². The third-order valence-electron chi connectivity index (χ3n) is 1.92. The average Bonchev–Trinajstić information content (AvgIpc) is 2.26. The average molecular weight is 262 g/mol. The molecular weight excluding hydrogens is 251 g/mol. The van der Waals surface area contributed by atoms with Gasteiger partial charge in [0.15, 0.2) is 0 Å². The zero-order valence-electron chi connectivity index (χ0n) is 8.63. The number of nitrogens with two attached hydrogens (primary N) is 1. The Kier molecular flexibility index (Phi) is 4.16. The van der Waals surface area contributed by atoms with Crippen molar-refractivity contribution in [3.8, 4) is 0 Å². The van der Waals surface area contributed by atoms with E-state index in [0.717, 1.165) is 24.3 Å². The van der Waals surface area contributed by atoms with Crippen molar-refractivity contribution in [3.63, 3.8) is 0 Å². The lowest BCUT2D eigenvalue weighted by molar-refractivity contribution is -0.125. The quantitative estimate of drug-likeness (QED) is 0.629. The Labute approximate surface area is 97.3 Å². The summed E-state index contributed by atoms with van der Waals surface area (Å²) >= 11 is 0. The summed E-state index contributed by atoms with van der Waals surface area (Å²) < 4.78 is 37.7. The van der Waals surface area contributed by atoms with Crippen LogP contribution in [-0.4, -0.2) is 32.1 Å². The van der Waals surface area contributed by atoms with Crippen LogP contribution in [0.3, 0.4) is 0 Å². The minimum atomic E-state index is -3.89. The zero-order chi connectivity index (χ0) is 13.1. The van der Waals surface area contributed by atoms with Crippen molar-refractivity contribution >= 4 is 15.9 Å². The van der Waals surface area contributed by atoms with Gasteiger partial charge in [0.1, 0.15) is 11.9 Å². The molecule has 0 fully saturated rings. The highest BCUT2D eigenvalue weighted by atomic mass is 32.2. The summed E-state index contributed by atoms with van der Waals surface area (Å²) in [6, 6.07) is 4.10. The second-order valence-corrected chi connectivity index (χ2v) is 4.99. The first-order valence-corrected chi connectivity index (χ1v) is 6.04. The molecule has 8 heteroatoms. The topological polar surface area (TPSA) is 109 Å². The van der Waals surface area contributed by atoms with Gasteiger partial charge in [0.05, 0.1) is 4.90 Å². The number of amides is 1. The van der Waals surface area contributed by atoms with Gasteiger partial charge in [-0.15, -0.1) is 0 Å². The third-order valence-corrected chi connectivity index (χ3v) is 3.36. The fourth-order valence-corrected chi connectivity index (χ4v) is 2.02. The molecule has 0 radical (unpaired) electrons. The summed E-state index contributed by atoms with van der Waals surface area (Å²) in [5.74, 6) is -1.60. The fraction of sp³-hybridized carbons (Fsp3) is 0.222. The van der Waals surface area contributed by atoms with Crippen molar-refractivity contribution in [2.24, 2.45) is 5.73 Å². The van der Waals surface area contributed by atoms with E-state index < -0.39 is 34.4 Å². The van der Waals surface area contributed by atoms with Gasteiger partial charge in [-0.2, -0.15) is 0 Å². The van der Waals surface area contributed by atoms with Crippen LogP contribution in [0.25, 0.3) is 0 Å². The van der Waals surface area contributed by atoms with Crippen LogP contribution in [0, 0.1) is 5.82 Å². The van der Waals surface area contributed by atoms with Crippen molar-refractivity contribution in [1.29, 1.82) is 0 Å². The number of carbonyl (C=O) groups excluding carboxylic acids is 1. The van der Waals surface area contributed by atoms with E-state index in [0.29, 0.717) is 0 Å². The molecule has 94 valence electrons. The Balaban J connectivity index is 2.76. The molecule has 0 heterocycles. The number of aliphatic hydroxyl groups excluding tert-OH is 1. The molecule has 1 amide bonds. The summed E-state index contributed by atoms with van der Waals surface area (Å²) in [7, 11) is -3.89. The molecule has 0 saturated heterocycles. The predicted molar refractivity (Wildman–Crippen MR) is 56.8 cm³/mol. The summed E-state index contributed by atoms with van der Waals surface area (Å²) in [6.07, 6.45) is -1.61. The van der Waals surface area contributed by atoms with Gasteiger partial charge in [-0.05, 0) is 24.3 Å². The highest BCUT2D eigenvalue weighted by Gasteiger charge is 2.18. The molecule has 0 saturated carbocycles. The summed E-state index contributed by atoms with van der Waals surface area (Å²) in [5, 5.41) is 9.02. The zero-order valence-corrected chi connectivity index (χ0v) is 9.45. The van der Waals surface area contributed by atoms with Gasteiger partial charge in [0.25, 0.3) is 0 Å². The SMILES string of the molecule is NC(=O)C(O)CNS(=O)(=O)c1ccc(F)cc1. The van der Waals surface area contributed by atoms with Gasteiger partial charge < -0.3 is 10.8 Å². The molecule has 1 atom stereocenters. The minimum absolute atomic E-state index is 0.171. The molecule has 0 aliphatic carbocycles. The lowest BCUT2D eigenvalue weighted by Crippen LogP contribution is -2.39. The first kappa shape index (κ1) is 13.6. The molecule has 17 heavy (non-hydrogen) atoms. The highest BCUT2D eigenvalue weighted by Crippen LogP contribution is 2.09. The van der Waals surface area contributed by atoms with Crippen molar-refractivity contribution in [1.82, 2.24) is 4.72 Å². The van der Waals surface area contributed by atoms with Crippen molar-refractivity contribution in [2.75, 3.05) is 6.54 Å². The van der Waals surface area contributed by atoms with E-state index in [2.05, 4.69) is 0 Å². The number of sulfonamides is 1. The summed E-state index contributed by atoms with van der Waals surface area (Å²) in [4.78, 5) is 10.3. The van der Waals surface area contributed by atoms with E-state index in [1.165, 1.54) is 0 Å². The molecule has 1 unspecified atom stereocenters. The first-order chi connectivity index (χ1) is 7.83. The lowest BCUT2D eigenvalue weighted by atomic mass is 10.3. The summed E-state index contributed by atoms with van der Waals surface area (Å²) in [6.45, 7) is -0.533. The monoisotopic (exact) mass is 262 g/mol. The second-order valence-electron chi connectivity index (χ2n) is 3.22. The number of halogens is 1. The number of hydrogen-bond acceptors (Lipinski definition) is 4. The van der Waals surface area contributed by atoms with Crippen LogP contribution in [0.5, 0.6) is 0 Å². The molecule has 4 N–H and O–H groups in total.